The Morgan fingerprint density at radius 1 is 1.21 bits per heavy atom. The molecule has 6 heteroatoms. The Hall–Kier alpha value is -2.14. The molecule has 0 unspecified atom stereocenters. The van der Waals surface area contributed by atoms with Gasteiger partial charge in [-0.1, -0.05) is 11.6 Å². The summed E-state index contributed by atoms with van der Waals surface area (Å²) in [5, 5.41) is 9.42. The predicted octanol–water partition coefficient (Wildman–Crippen LogP) is 3.05. The highest BCUT2D eigenvalue weighted by atomic mass is 35.5. The lowest BCUT2D eigenvalue weighted by atomic mass is 10.0. The standard InChI is InChI=1S/C13H12ClNO4/c1-18-10-4-3-7(11(14)12(10)19-2)8-5-15-6-9(8)13(16)17/h3-6,15H,1-2H3,(H,16,17). The molecular weight excluding hydrogens is 270 g/mol. The van der Waals surface area contributed by atoms with Gasteiger partial charge in [0.15, 0.2) is 11.5 Å². The van der Waals surface area contributed by atoms with Crippen LogP contribution in [0.3, 0.4) is 0 Å². The number of rotatable bonds is 4. The molecule has 1 aromatic carbocycles. The second-order valence-electron chi connectivity index (χ2n) is 3.75. The van der Waals surface area contributed by atoms with Crippen LogP contribution in [0.5, 0.6) is 11.5 Å². The molecule has 2 aromatic rings. The van der Waals surface area contributed by atoms with Crippen LogP contribution in [0.15, 0.2) is 24.5 Å². The van der Waals surface area contributed by atoms with Gasteiger partial charge in [-0.25, -0.2) is 4.79 Å². The van der Waals surface area contributed by atoms with Gasteiger partial charge in [-0.3, -0.25) is 0 Å². The van der Waals surface area contributed by atoms with Gasteiger partial charge in [0.25, 0.3) is 0 Å². The molecule has 19 heavy (non-hydrogen) atoms. The first-order chi connectivity index (χ1) is 9.10. The topological polar surface area (TPSA) is 71.6 Å². The number of carbonyl (C=O) groups is 1. The minimum atomic E-state index is -1.03. The van der Waals surface area contributed by atoms with Crippen LogP contribution < -0.4 is 9.47 Å². The Morgan fingerprint density at radius 3 is 2.53 bits per heavy atom. The fraction of sp³-hybridized carbons (Fsp3) is 0.154. The van der Waals surface area contributed by atoms with Crippen LogP contribution in [0.2, 0.25) is 5.02 Å². The van der Waals surface area contributed by atoms with Crippen molar-refractivity contribution in [3.05, 3.63) is 35.1 Å². The van der Waals surface area contributed by atoms with E-state index in [9.17, 15) is 4.79 Å². The van der Waals surface area contributed by atoms with Crippen LogP contribution in [0.25, 0.3) is 11.1 Å². The maximum Gasteiger partial charge on any atom is 0.337 e. The summed E-state index contributed by atoms with van der Waals surface area (Å²) in [6.07, 6.45) is 2.99. The van der Waals surface area contributed by atoms with Crippen molar-refractivity contribution >= 4 is 17.6 Å². The molecule has 0 aliphatic carbocycles. The molecule has 0 radical (unpaired) electrons. The second kappa shape index (κ2) is 5.24. The summed E-state index contributed by atoms with van der Waals surface area (Å²) >= 11 is 6.25. The van der Waals surface area contributed by atoms with Crippen molar-refractivity contribution in [1.29, 1.82) is 0 Å². The molecule has 2 N–H and O–H groups in total. The molecular formula is C13H12ClNO4. The second-order valence-corrected chi connectivity index (χ2v) is 4.13. The normalized spacial score (nSPS) is 10.3. The van der Waals surface area contributed by atoms with Crippen molar-refractivity contribution in [2.24, 2.45) is 0 Å². The molecule has 0 saturated heterocycles. The summed E-state index contributed by atoms with van der Waals surface area (Å²) in [4.78, 5) is 13.9. The third-order valence-electron chi connectivity index (χ3n) is 2.75. The number of carboxylic acid groups (broad SMARTS) is 1. The minimum Gasteiger partial charge on any atom is -0.493 e. The summed E-state index contributed by atoms with van der Waals surface area (Å²) in [7, 11) is 2.98. The third kappa shape index (κ3) is 2.24. The summed E-state index contributed by atoms with van der Waals surface area (Å²) in [5.74, 6) is -0.162. The van der Waals surface area contributed by atoms with E-state index < -0.39 is 5.97 Å². The molecule has 0 atom stereocenters. The molecule has 0 saturated carbocycles. The number of H-pyrrole nitrogens is 1. The van der Waals surface area contributed by atoms with Crippen LogP contribution in [0, 0.1) is 0 Å². The van der Waals surface area contributed by atoms with Crippen LogP contribution in [0.1, 0.15) is 10.4 Å². The molecule has 2 rings (SSSR count). The van der Waals surface area contributed by atoms with Gasteiger partial charge in [0.2, 0.25) is 0 Å². The van der Waals surface area contributed by atoms with E-state index in [0.717, 1.165) is 0 Å². The van der Waals surface area contributed by atoms with Crippen LogP contribution in [-0.2, 0) is 0 Å². The number of aromatic amines is 1. The van der Waals surface area contributed by atoms with Gasteiger partial charge in [0.05, 0.1) is 24.8 Å². The third-order valence-corrected chi connectivity index (χ3v) is 3.13. The van der Waals surface area contributed by atoms with Crippen molar-refractivity contribution < 1.29 is 19.4 Å². The van der Waals surface area contributed by atoms with Crippen LogP contribution in [-0.4, -0.2) is 30.3 Å². The fourth-order valence-electron chi connectivity index (χ4n) is 1.86. The molecule has 0 amide bonds. The van der Waals surface area contributed by atoms with Gasteiger partial charge < -0.3 is 19.6 Å². The maximum absolute atomic E-state index is 11.1. The van der Waals surface area contributed by atoms with Crippen molar-refractivity contribution in [3.63, 3.8) is 0 Å². The zero-order chi connectivity index (χ0) is 14.0. The van der Waals surface area contributed by atoms with E-state index in [1.54, 1.807) is 18.3 Å². The highest BCUT2D eigenvalue weighted by Gasteiger charge is 2.19. The van der Waals surface area contributed by atoms with E-state index in [1.165, 1.54) is 20.4 Å². The number of benzene rings is 1. The van der Waals surface area contributed by atoms with Gasteiger partial charge in [0, 0.05) is 23.5 Å². The molecule has 0 spiro atoms. The number of halogens is 1. The van der Waals surface area contributed by atoms with E-state index in [-0.39, 0.29) is 5.56 Å². The first kappa shape index (κ1) is 13.3. The van der Waals surface area contributed by atoms with E-state index in [4.69, 9.17) is 26.2 Å². The number of aromatic nitrogens is 1. The van der Waals surface area contributed by atoms with Crippen LogP contribution >= 0.6 is 11.6 Å². The van der Waals surface area contributed by atoms with Gasteiger partial charge >= 0.3 is 5.97 Å². The summed E-state index contributed by atoms with van der Waals surface area (Å²) in [6, 6.07) is 3.37. The van der Waals surface area contributed by atoms with E-state index in [1.807, 2.05) is 0 Å². The maximum atomic E-state index is 11.1. The number of nitrogens with one attached hydrogen (secondary N) is 1. The number of methoxy groups -OCH3 is 2. The smallest absolute Gasteiger partial charge is 0.337 e. The molecule has 0 bridgehead atoms. The van der Waals surface area contributed by atoms with Crippen molar-refractivity contribution in [2.75, 3.05) is 14.2 Å². The number of ether oxygens (including phenoxy) is 2. The van der Waals surface area contributed by atoms with E-state index in [2.05, 4.69) is 4.98 Å². The summed E-state index contributed by atoms with van der Waals surface area (Å²) in [5.41, 5.74) is 1.21. The number of hydrogen-bond acceptors (Lipinski definition) is 3. The summed E-state index contributed by atoms with van der Waals surface area (Å²) < 4.78 is 10.3. The Labute approximate surface area is 114 Å². The Balaban J connectivity index is 2.63. The fourth-order valence-corrected chi connectivity index (χ4v) is 2.20. The lowest BCUT2D eigenvalue weighted by molar-refractivity contribution is 0.0698. The highest BCUT2D eigenvalue weighted by molar-refractivity contribution is 6.35. The monoisotopic (exact) mass is 281 g/mol. The number of hydrogen-bond donors (Lipinski definition) is 2. The SMILES string of the molecule is COc1ccc(-c2c[nH]cc2C(=O)O)c(Cl)c1OC. The number of carboxylic acids is 1. The van der Waals surface area contributed by atoms with E-state index in [0.29, 0.717) is 27.6 Å². The molecule has 1 aromatic heterocycles. The van der Waals surface area contributed by atoms with Gasteiger partial charge in [0.1, 0.15) is 0 Å². The van der Waals surface area contributed by atoms with Crippen molar-refractivity contribution in [1.82, 2.24) is 4.98 Å². The molecule has 0 fully saturated rings. The molecule has 0 aliphatic heterocycles. The highest BCUT2D eigenvalue weighted by Crippen LogP contribution is 2.42. The average molecular weight is 282 g/mol. The Morgan fingerprint density at radius 2 is 1.95 bits per heavy atom. The first-order valence-corrected chi connectivity index (χ1v) is 5.78. The quantitative estimate of drug-likeness (QED) is 0.903. The van der Waals surface area contributed by atoms with Crippen molar-refractivity contribution in [3.8, 4) is 22.6 Å². The molecule has 1 heterocycles. The lowest BCUT2D eigenvalue weighted by Gasteiger charge is -2.12. The number of aromatic carboxylic acids is 1. The first-order valence-electron chi connectivity index (χ1n) is 5.41. The predicted molar refractivity (Wildman–Crippen MR) is 71.3 cm³/mol. The van der Waals surface area contributed by atoms with Crippen LogP contribution in [0.4, 0.5) is 0 Å². The van der Waals surface area contributed by atoms with Gasteiger partial charge in [-0.2, -0.15) is 0 Å². The zero-order valence-electron chi connectivity index (χ0n) is 10.4. The summed E-state index contributed by atoms with van der Waals surface area (Å²) in [6.45, 7) is 0. The van der Waals surface area contributed by atoms with Gasteiger partial charge in [-0.05, 0) is 12.1 Å². The Bertz CT molecular complexity index is 621. The Kier molecular flexibility index (Phi) is 3.66. The zero-order valence-corrected chi connectivity index (χ0v) is 11.1. The average Bonchev–Trinajstić information content (AvgIpc) is 2.87. The van der Waals surface area contributed by atoms with E-state index >= 15 is 0 Å². The minimum absolute atomic E-state index is 0.147. The molecule has 0 aliphatic rings. The largest absolute Gasteiger partial charge is 0.493 e. The molecule has 100 valence electrons. The van der Waals surface area contributed by atoms with Gasteiger partial charge in [-0.15, -0.1) is 0 Å². The molecule has 5 nitrogen and oxygen atoms in total. The lowest BCUT2D eigenvalue weighted by Crippen LogP contribution is -1.97. The van der Waals surface area contributed by atoms with Crippen molar-refractivity contribution in [2.45, 2.75) is 0 Å².